The van der Waals surface area contributed by atoms with Crippen molar-refractivity contribution in [3.05, 3.63) is 52.0 Å². The molecule has 2 rings (SSSR count). The molecule has 0 fully saturated rings. The lowest BCUT2D eigenvalue weighted by Crippen LogP contribution is -2.34. The molecule has 1 atom stereocenters. The fraction of sp³-hybridized carbons (Fsp3) is 0.167. The Labute approximate surface area is 121 Å². The first-order valence-electron chi connectivity index (χ1n) is 5.33. The van der Waals surface area contributed by atoms with Gasteiger partial charge in [0.2, 0.25) is 0 Å². The van der Waals surface area contributed by atoms with Crippen LogP contribution >= 0.6 is 23.2 Å². The average molecular weight is 295 g/mol. The van der Waals surface area contributed by atoms with Crippen LogP contribution in [0.2, 0.25) is 10.0 Å². The van der Waals surface area contributed by atoms with Crippen LogP contribution in [0.3, 0.4) is 0 Å². The molecule has 2 radical (unpaired) electrons. The van der Waals surface area contributed by atoms with E-state index in [4.69, 9.17) is 35.8 Å². The number of aromatic nitrogens is 2. The summed E-state index contributed by atoms with van der Waals surface area (Å²) in [5.74, 6) is 0.773. The van der Waals surface area contributed by atoms with Gasteiger partial charge in [-0.15, -0.1) is 0 Å². The molecule has 1 aromatic carbocycles. The van der Waals surface area contributed by atoms with Gasteiger partial charge in [-0.05, 0) is 19.1 Å². The maximum absolute atomic E-state index is 10.2. The lowest BCUT2D eigenvalue weighted by molar-refractivity contribution is -0.0677. The van der Waals surface area contributed by atoms with Gasteiger partial charge < -0.3 is 9.84 Å². The summed E-state index contributed by atoms with van der Waals surface area (Å²) in [4.78, 5) is 7.87. The predicted octanol–water partition coefficient (Wildman–Crippen LogP) is 2.44. The summed E-state index contributed by atoms with van der Waals surface area (Å²) in [6.45, 7) is 1.73. The maximum Gasteiger partial charge on any atom is 0.184 e. The molecule has 0 saturated carbocycles. The summed E-state index contributed by atoms with van der Waals surface area (Å²) in [5, 5.41) is 10.6. The fourth-order valence-electron chi connectivity index (χ4n) is 1.50. The van der Waals surface area contributed by atoms with Crippen LogP contribution < -0.4 is 4.74 Å². The second-order valence-corrected chi connectivity index (χ2v) is 4.68. The number of rotatable bonds is 3. The van der Waals surface area contributed by atoms with Crippen molar-refractivity contribution in [2.24, 2.45) is 0 Å². The van der Waals surface area contributed by atoms with Gasteiger partial charge in [0, 0.05) is 5.56 Å². The number of ether oxygens (including phenoxy) is 1. The molecule has 0 saturated heterocycles. The molecule has 0 amide bonds. The topological polar surface area (TPSA) is 55.2 Å². The number of nitrogens with zero attached hydrogens (tertiary/aromatic N) is 2. The molecule has 1 heterocycles. The van der Waals surface area contributed by atoms with E-state index >= 15 is 0 Å². The molecule has 2 aromatic rings. The zero-order chi connectivity index (χ0) is 14.0. The van der Waals surface area contributed by atoms with Crippen LogP contribution in [0.4, 0.5) is 0 Å². The molecule has 4 nitrogen and oxygen atoms in total. The summed E-state index contributed by atoms with van der Waals surface area (Å²) in [6.07, 6.45) is 2.79. The maximum atomic E-state index is 10.2. The normalized spacial score (nSPS) is 13.9. The number of hydrogen-bond acceptors (Lipinski definition) is 4. The van der Waals surface area contributed by atoms with Crippen molar-refractivity contribution in [3.63, 3.8) is 0 Å². The SMILES string of the molecule is [B]C(O)(Oc1cnc(C)nc1)c1c(Cl)cccc1Cl. The molecule has 0 aliphatic rings. The lowest BCUT2D eigenvalue weighted by atomic mass is 9.87. The zero-order valence-electron chi connectivity index (χ0n) is 9.97. The monoisotopic (exact) mass is 294 g/mol. The first-order valence-corrected chi connectivity index (χ1v) is 6.09. The average Bonchev–Trinajstić information content (AvgIpc) is 2.31. The van der Waals surface area contributed by atoms with Crippen molar-refractivity contribution in [2.45, 2.75) is 12.6 Å². The van der Waals surface area contributed by atoms with Crippen molar-refractivity contribution in [1.29, 1.82) is 0 Å². The molecular formula is C12H9BCl2N2O2. The van der Waals surface area contributed by atoms with Gasteiger partial charge in [-0.2, -0.15) is 0 Å². The molecule has 0 spiro atoms. The van der Waals surface area contributed by atoms with E-state index in [1.165, 1.54) is 12.4 Å². The molecule has 0 bridgehead atoms. The second kappa shape index (κ2) is 5.37. The number of halogens is 2. The summed E-state index contributed by atoms with van der Waals surface area (Å²) in [5.41, 5.74) is -2.09. The van der Waals surface area contributed by atoms with Crippen LogP contribution in [0.15, 0.2) is 30.6 Å². The summed E-state index contributed by atoms with van der Waals surface area (Å²) in [6, 6.07) is 4.74. The molecule has 0 aliphatic carbocycles. The highest BCUT2D eigenvalue weighted by Gasteiger charge is 2.30. The van der Waals surface area contributed by atoms with E-state index in [0.29, 0.717) is 5.82 Å². The predicted molar refractivity (Wildman–Crippen MR) is 73.5 cm³/mol. The van der Waals surface area contributed by atoms with Gasteiger partial charge in [0.1, 0.15) is 5.82 Å². The minimum Gasteiger partial charge on any atom is -0.465 e. The minimum atomic E-state index is -2.17. The standard InChI is InChI=1S/C12H9BCl2N2O2/c1-7-16-5-8(6-17-7)19-12(13,18)11-9(14)3-2-4-10(11)15/h2-6,18H,1H3. The highest BCUT2D eigenvalue weighted by molar-refractivity contribution is 6.37. The molecule has 19 heavy (non-hydrogen) atoms. The van der Waals surface area contributed by atoms with Gasteiger partial charge in [0.25, 0.3) is 0 Å². The molecule has 1 unspecified atom stereocenters. The van der Waals surface area contributed by atoms with E-state index in [0.717, 1.165) is 0 Å². The molecule has 1 aromatic heterocycles. The van der Waals surface area contributed by atoms with Gasteiger partial charge in [-0.1, -0.05) is 29.3 Å². The minimum absolute atomic E-state index is 0.0823. The largest absolute Gasteiger partial charge is 0.465 e. The van der Waals surface area contributed by atoms with E-state index in [9.17, 15) is 5.11 Å². The van der Waals surface area contributed by atoms with Crippen molar-refractivity contribution >= 4 is 31.0 Å². The van der Waals surface area contributed by atoms with Crippen LogP contribution in [0, 0.1) is 6.92 Å². The van der Waals surface area contributed by atoms with E-state index in [1.54, 1.807) is 25.1 Å². The summed E-state index contributed by atoms with van der Waals surface area (Å²) < 4.78 is 5.24. The van der Waals surface area contributed by atoms with Crippen molar-refractivity contribution in [2.75, 3.05) is 0 Å². The van der Waals surface area contributed by atoms with E-state index in [-0.39, 0.29) is 21.4 Å². The number of aryl methyl sites for hydroxylation is 1. The van der Waals surface area contributed by atoms with Crippen molar-refractivity contribution in [1.82, 2.24) is 9.97 Å². The van der Waals surface area contributed by atoms with Gasteiger partial charge in [-0.3, -0.25) is 0 Å². The Morgan fingerprint density at radius 2 is 1.74 bits per heavy atom. The van der Waals surface area contributed by atoms with Crippen LogP contribution in [0.25, 0.3) is 0 Å². The smallest absolute Gasteiger partial charge is 0.184 e. The third kappa shape index (κ3) is 3.18. The fourth-order valence-corrected chi connectivity index (χ4v) is 2.17. The van der Waals surface area contributed by atoms with Crippen LogP contribution in [0.5, 0.6) is 5.75 Å². The number of hydrogen-bond donors (Lipinski definition) is 1. The third-order valence-electron chi connectivity index (χ3n) is 2.35. The van der Waals surface area contributed by atoms with Gasteiger partial charge >= 0.3 is 0 Å². The van der Waals surface area contributed by atoms with Crippen molar-refractivity contribution in [3.8, 4) is 5.75 Å². The molecular weight excluding hydrogens is 286 g/mol. The van der Waals surface area contributed by atoms with E-state index in [2.05, 4.69) is 9.97 Å². The Kier molecular flexibility index (Phi) is 3.99. The Bertz CT molecular complexity index is 571. The second-order valence-electron chi connectivity index (χ2n) is 3.86. The van der Waals surface area contributed by atoms with Crippen LogP contribution in [-0.4, -0.2) is 22.9 Å². The highest BCUT2D eigenvalue weighted by atomic mass is 35.5. The number of benzene rings is 1. The molecule has 1 N–H and O–H groups in total. The molecule has 0 aliphatic heterocycles. The molecule has 7 heteroatoms. The van der Waals surface area contributed by atoms with Crippen molar-refractivity contribution < 1.29 is 9.84 Å². The Morgan fingerprint density at radius 3 is 2.26 bits per heavy atom. The lowest BCUT2D eigenvalue weighted by Gasteiger charge is -2.27. The van der Waals surface area contributed by atoms with E-state index in [1.807, 2.05) is 0 Å². The quantitative estimate of drug-likeness (QED) is 0.698. The van der Waals surface area contributed by atoms with Gasteiger partial charge in [0.15, 0.2) is 19.3 Å². The van der Waals surface area contributed by atoms with Crippen LogP contribution in [0.1, 0.15) is 11.4 Å². The summed E-state index contributed by atoms with van der Waals surface area (Å²) in [7, 11) is 5.72. The highest BCUT2D eigenvalue weighted by Crippen LogP contribution is 2.33. The Morgan fingerprint density at radius 1 is 1.21 bits per heavy atom. The first-order chi connectivity index (χ1) is 8.90. The Balaban J connectivity index is 2.34. The van der Waals surface area contributed by atoms with E-state index < -0.39 is 5.69 Å². The van der Waals surface area contributed by atoms with Gasteiger partial charge in [-0.25, -0.2) is 9.97 Å². The first kappa shape index (κ1) is 14.1. The third-order valence-corrected chi connectivity index (χ3v) is 2.98. The number of aliphatic hydroxyl groups is 1. The van der Waals surface area contributed by atoms with Crippen LogP contribution in [-0.2, 0) is 5.69 Å². The zero-order valence-corrected chi connectivity index (χ0v) is 11.5. The Hall–Kier alpha value is -1.30. The molecule has 96 valence electrons. The summed E-state index contributed by atoms with van der Waals surface area (Å²) >= 11 is 11.9. The van der Waals surface area contributed by atoms with Gasteiger partial charge in [0.05, 0.1) is 22.4 Å².